The molecule has 0 fully saturated rings. The van der Waals surface area contributed by atoms with Gasteiger partial charge in [-0.05, 0) is 43.9 Å². The van der Waals surface area contributed by atoms with E-state index in [-0.39, 0.29) is 17.8 Å². The number of Topliss-reactive ketones (excluding diaryl/α,β-unsaturated/α-hetero) is 1. The largest absolute Gasteiger partial charge is 0.460 e. The maximum Gasteiger partial charge on any atom is 0.375 e. The van der Waals surface area contributed by atoms with E-state index in [1.54, 1.807) is 6.92 Å². The van der Waals surface area contributed by atoms with Crippen molar-refractivity contribution in [3.8, 4) is 0 Å². The number of hydrogen-bond donors (Lipinski definition) is 0. The summed E-state index contributed by atoms with van der Waals surface area (Å²) in [7, 11) is 0. The third-order valence-electron chi connectivity index (χ3n) is 5.87. The lowest BCUT2D eigenvalue weighted by molar-refractivity contribution is -0.166. The normalized spacial score (nSPS) is 13.9. The van der Waals surface area contributed by atoms with Gasteiger partial charge in [-0.15, -0.1) is 0 Å². The third kappa shape index (κ3) is 3.32. The van der Waals surface area contributed by atoms with Gasteiger partial charge >= 0.3 is 5.97 Å². The molecule has 3 heteroatoms. The van der Waals surface area contributed by atoms with Crippen LogP contribution in [-0.4, -0.2) is 18.4 Å². The second-order valence-electron chi connectivity index (χ2n) is 6.01. The molecule has 0 rings (SSSR count). The Balaban J connectivity index is 6.01. The molecule has 21 heavy (non-hydrogen) atoms. The van der Waals surface area contributed by atoms with Crippen molar-refractivity contribution >= 4 is 11.8 Å². The van der Waals surface area contributed by atoms with Crippen LogP contribution in [0.3, 0.4) is 0 Å². The molecule has 0 aliphatic carbocycles. The zero-order valence-corrected chi connectivity index (χ0v) is 15.0. The quantitative estimate of drug-likeness (QED) is 0.430. The van der Waals surface area contributed by atoms with Crippen molar-refractivity contribution in [1.29, 1.82) is 0 Å². The van der Waals surface area contributed by atoms with Crippen molar-refractivity contribution < 1.29 is 14.3 Å². The van der Waals surface area contributed by atoms with Gasteiger partial charge in [0.05, 0.1) is 6.61 Å². The molecule has 0 heterocycles. The van der Waals surface area contributed by atoms with Gasteiger partial charge in [-0.2, -0.15) is 0 Å². The summed E-state index contributed by atoms with van der Waals surface area (Å²) in [4.78, 5) is 25.1. The van der Waals surface area contributed by atoms with Crippen LogP contribution < -0.4 is 0 Å². The summed E-state index contributed by atoms with van der Waals surface area (Å²) in [5, 5.41) is 0. The topological polar surface area (TPSA) is 43.4 Å². The Labute approximate surface area is 130 Å². The predicted octanol–water partition coefficient (Wildman–Crippen LogP) is 4.78. The Morgan fingerprint density at radius 2 is 1.38 bits per heavy atom. The molecule has 0 bridgehead atoms. The van der Waals surface area contributed by atoms with Crippen LogP contribution >= 0.6 is 0 Å². The summed E-state index contributed by atoms with van der Waals surface area (Å²) in [5.74, 6) is -0.583. The molecule has 0 aromatic carbocycles. The SMILES string of the molecule is CCOC(=O)C(=O)C(CC)(CC)C(CC)(CC)C(C)CC. The highest BCUT2D eigenvalue weighted by Gasteiger charge is 2.55. The van der Waals surface area contributed by atoms with Crippen molar-refractivity contribution in [2.24, 2.45) is 16.7 Å². The fraction of sp³-hybridized carbons (Fsp3) is 0.889. The smallest absolute Gasteiger partial charge is 0.375 e. The van der Waals surface area contributed by atoms with Crippen LogP contribution in [-0.2, 0) is 14.3 Å². The number of carbonyl (C=O) groups excluding carboxylic acids is 2. The summed E-state index contributed by atoms with van der Waals surface area (Å²) in [6.45, 7) is 14.7. The van der Waals surface area contributed by atoms with Crippen molar-refractivity contribution in [2.75, 3.05) is 6.61 Å². The van der Waals surface area contributed by atoms with Gasteiger partial charge in [0.1, 0.15) is 0 Å². The van der Waals surface area contributed by atoms with Crippen molar-refractivity contribution in [2.45, 2.75) is 80.6 Å². The van der Waals surface area contributed by atoms with Crippen LogP contribution in [0.25, 0.3) is 0 Å². The lowest BCUT2D eigenvalue weighted by Gasteiger charge is -2.52. The Hall–Kier alpha value is -0.860. The summed E-state index contributed by atoms with van der Waals surface area (Å²) in [6, 6.07) is 0. The van der Waals surface area contributed by atoms with E-state index in [1.807, 2.05) is 13.8 Å². The lowest BCUT2D eigenvalue weighted by atomic mass is 9.51. The second kappa shape index (κ2) is 8.55. The Kier molecular flexibility index (Phi) is 8.20. The van der Waals surface area contributed by atoms with Crippen molar-refractivity contribution in [3.05, 3.63) is 0 Å². The first-order valence-corrected chi connectivity index (χ1v) is 8.58. The molecule has 124 valence electrons. The monoisotopic (exact) mass is 298 g/mol. The van der Waals surface area contributed by atoms with E-state index < -0.39 is 11.4 Å². The van der Waals surface area contributed by atoms with Gasteiger partial charge in [-0.1, -0.05) is 48.0 Å². The van der Waals surface area contributed by atoms with Crippen molar-refractivity contribution in [1.82, 2.24) is 0 Å². The van der Waals surface area contributed by atoms with Gasteiger partial charge < -0.3 is 4.74 Å². The summed E-state index contributed by atoms with van der Waals surface area (Å²) in [6.07, 6.45) is 4.20. The third-order valence-corrected chi connectivity index (χ3v) is 5.87. The molecule has 0 radical (unpaired) electrons. The molecule has 0 N–H and O–H groups in total. The first-order chi connectivity index (χ1) is 9.87. The zero-order chi connectivity index (χ0) is 16.7. The van der Waals surface area contributed by atoms with Gasteiger partial charge in [0.25, 0.3) is 0 Å². The molecule has 0 amide bonds. The van der Waals surface area contributed by atoms with Crippen LogP contribution in [0.15, 0.2) is 0 Å². The summed E-state index contributed by atoms with van der Waals surface area (Å²) in [5.41, 5.74) is -0.757. The Morgan fingerprint density at radius 1 is 0.905 bits per heavy atom. The van der Waals surface area contributed by atoms with E-state index in [4.69, 9.17) is 4.74 Å². The van der Waals surface area contributed by atoms with Crippen molar-refractivity contribution in [3.63, 3.8) is 0 Å². The molecule has 0 aliphatic rings. The molecule has 3 nitrogen and oxygen atoms in total. The van der Waals surface area contributed by atoms with E-state index in [0.29, 0.717) is 18.8 Å². The number of ketones is 1. The Bertz CT molecular complexity index is 338. The average Bonchev–Trinajstić information content (AvgIpc) is 2.51. The van der Waals surface area contributed by atoms with Crippen LogP contribution in [0, 0.1) is 16.7 Å². The van der Waals surface area contributed by atoms with E-state index in [2.05, 4.69) is 27.7 Å². The minimum atomic E-state index is -0.657. The highest BCUT2D eigenvalue weighted by molar-refractivity contribution is 6.36. The van der Waals surface area contributed by atoms with Gasteiger partial charge in [-0.3, -0.25) is 4.79 Å². The standard InChI is InChI=1S/C18H34O3/c1-8-14(7)17(9-2,10-3)18(11-4,12-5)15(19)16(20)21-13-6/h14H,8-13H2,1-7H3. The maximum atomic E-state index is 12.9. The molecule has 1 atom stereocenters. The molecule has 0 spiro atoms. The number of hydrogen-bond acceptors (Lipinski definition) is 3. The first-order valence-electron chi connectivity index (χ1n) is 8.58. The van der Waals surface area contributed by atoms with Gasteiger partial charge in [0.15, 0.2) is 0 Å². The van der Waals surface area contributed by atoms with E-state index in [9.17, 15) is 9.59 Å². The van der Waals surface area contributed by atoms with E-state index in [0.717, 1.165) is 19.3 Å². The number of carbonyl (C=O) groups is 2. The van der Waals surface area contributed by atoms with Gasteiger partial charge in [0.2, 0.25) is 5.78 Å². The van der Waals surface area contributed by atoms with Gasteiger partial charge in [-0.25, -0.2) is 4.79 Å². The fourth-order valence-corrected chi connectivity index (χ4v) is 4.38. The highest BCUT2D eigenvalue weighted by atomic mass is 16.5. The van der Waals surface area contributed by atoms with Crippen LogP contribution in [0.5, 0.6) is 0 Å². The highest BCUT2D eigenvalue weighted by Crippen LogP contribution is 2.56. The number of rotatable bonds is 10. The molecule has 0 saturated heterocycles. The van der Waals surface area contributed by atoms with Crippen LogP contribution in [0.4, 0.5) is 0 Å². The molecule has 0 aromatic rings. The minimum absolute atomic E-state index is 0.144. The molecular formula is C18H34O3. The lowest BCUT2D eigenvalue weighted by Crippen LogP contribution is -2.53. The molecule has 1 unspecified atom stereocenters. The minimum Gasteiger partial charge on any atom is -0.460 e. The Morgan fingerprint density at radius 3 is 1.67 bits per heavy atom. The second-order valence-corrected chi connectivity index (χ2v) is 6.01. The summed E-state index contributed by atoms with van der Waals surface area (Å²) < 4.78 is 5.02. The maximum absolute atomic E-state index is 12.9. The molecular weight excluding hydrogens is 264 g/mol. The number of esters is 1. The molecule has 0 saturated carbocycles. The van der Waals surface area contributed by atoms with E-state index in [1.165, 1.54) is 0 Å². The fourth-order valence-electron chi connectivity index (χ4n) is 4.38. The summed E-state index contributed by atoms with van der Waals surface area (Å²) >= 11 is 0. The average molecular weight is 298 g/mol. The van der Waals surface area contributed by atoms with Gasteiger partial charge in [0, 0.05) is 5.41 Å². The zero-order valence-electron chi connectivity index (χ0n) is 15.0. The number of ether oxygens (including phenoxy) is 1. The van der Waals surface area contributed by atoms with E-state index >= 15 is 0 Å². The van der Waals surface area contributed by atoms with Crippen LogP contribution in [0.2, 0.25) is 0 Å². The first kappa shape index (κ1) is 20.1. The molecule has 0 aromatic heterocycles. The molecule has 0 aliphatic heterocycles. The predicted molar refractivity (Wildman–Crippen MR) is 87.1 cm³/mol. The van der Waals surface area contributed by atoms with Crippen LogP contribution in [0.1, 0.15) is 80.6 Å².